The first kappa shape index (κ1) is 7.66. The van der Waals surface area contributed by atoms with E-state index in [1.165, 1.54) is 5.56 Å². The van der Waals surface area contributed by atoms with Crippen LogP contribution in [0.3, 0.4) is 0 Å². The van der Waals surface area contributed by atoms with Crippen LogP contribution in [0.25, 0.3) is 0 Å². The second kappa shape index (κ2) is 4.15. The maximum atomic E-state index is 7.74. The molecule has 0 saturated heterocycles. The van der Waals surface area contributed by atoms with E-state index in [4.69, 9.17) is 6.11 Å². The first-order chi connectivity index (χ1) is 6.01. The average molecular weight is 166 g/mol. The van der Waals surface area contributed by atoms with Crippen molar-refractivity contribution < 1.29 is 6.11 Å². The Kier molecular flexibility index (Phi) is 2.65. The van der Waals surface area contributed by atoms with E-state index in [9.17, 15) is 0 Å². The summed E-state index contributed by atoms with van der Waals surface area (Å²) in [6.45, 7) is 3.83. The van der Waals surface area contributed by atoms with Crippen LogP contribution in [0.4, 0.5) is 0 Å². The summed E-state index contributed by atoms with van der Waals surface area (Å²) in [6, 6.07) is 7.88. The SMILES string of the molecule is [3H]C(C)(C)Cc1ccc(OC)cc1. The van der Waals surface area contributed by atoms with Gasteiger partial charge in [-0.15, -0.1) is 0 Å². The molecule has 0 aliphatic carbocycles. The molecule has 0 fully saturated rings. The Hall–Kier alpha value is -0.980. The van der Waals surface area contributed by atoms with Crippen LogP contribution >= 0.6 is 0 Å². The van der Waals surface area contributed by atoms with Gasteiger partial charge in [0.25, 0.3) is 0 Å². The highest BCUT2D eigenvalue weighted by atomic mass is 16.5. The van der Waals surface area contributed by atoms with Crippen molar-refractivity contribution in [3.8, 4) is 5.75 Å². The standard InChI is InChI=1S/C11H16O/c1-9(2)8-10-4-6-11(12-3)7-5-10/h4-7,9H,8H2,1-3H3/i9T. The molecule has 0 aromatic heterocycles. The molecule has 1 rings (SSSR count). The van der Waals surface area contributed by atoms with Crippen molar-refractivity contribution in [3.05, 3.63) is 29.8 Å². The molecule has 0 saturated carbocycles. The lowest BCUT2D eigenvalue weighted by atomic mass is 10.0. The van der Waals surface area contributed by atoms with Gasteiger partial charge in [-0.25, -0.2) is 0 Å². The van der Waals surface area contributed by atoms with Gasteiger partial charge in [0.15, 0.2) is 0 Å². The van der Waals surface area contributed by atoms with Crippen LogP contribution in [-0.2, 0) is 6.42 Å². The smallest absolute Gasteiger partial charge is 0.118 e. The molecule has 0 amide bonds. The number of hydrogen-bond donors (Lipinski definition) is 0. The minimum Gasteiger partial charge on any atom is -0.497 e. The Bertz CT molecular complexity index is 258. The van der Waals surface area contributed by atoms with Crippen molar-refractivity contribution >= 4 is 0 Å². The average Bonchev–Trinajstić information content (AvgIpc) is 2.03. The van der Waals surface area contributed by atoms with Gasteiger partial charge >= 0.3 is 0 Å². The van der Waals surface area contributed by atoms with E-state index in [2.05, 4.69) is 0 Å². The fraction of sp³-hybridized carbons (Fsp3) is 0.455. The van der Waals surface area contributed by atoms with Crippen molar-refractivity contribution in [3.63, 3.8) is 0 Å². The molecule has 66 valence electrons. The minimum atomic E-state index is -0.394. The quantitative estimate of drug-likeness (QED) is 0.671. The molecule has 0 aliphatic rings. The predicted molar refractivity (Wildman–Crippen MR) is 51.5 cm³/mol. The summed E-state index contributed by atoms with van der Waals surface area (Å²) in [7, 11) is 1.66. The van der Waals surface area contributed by atoms with Crippen LogP contribution in [0.5, 0.6) is 5.75 Å². The Morgan fingerprint density at radius 3 is 2.33 bits per heavy atom. The van der Waals surface area contributed by atoms with Crippen molar-refractivity contribution in [2.75, 3.05) is 7.11 Å². The topological polar surface area (TPSA) is 9.23 Å². The molecule has 0 atom stereocenters. The van der Waals surface area contributed by atoms with E-state index < -0.39 is 5.89 Å². The van der Waals surface area contributed by atoms with Gasteiger partial charge < -0.3 is 4.74 Å². The zero-order valence-corrected chi connectivity index (χ0v) is 7.92. The van der Waals surface area contributed by atoms with Gasteiger partial charge in [-0.05, 0) is 30.0 Å². The third-order valence-electron chi connectivity index (χ3n) is 1.72. The van der Waals surface area contributed by atoms with Crippen LogP contribution < -0.4 is 4.74 Å². The van der Waals surface area contributed by atoms with Crippen LogP contribution in [-0.4, -0.2) is 7.11 Å². The number of methoxy groups -OCH3 is 1. The van der Waals surface area contributed by atoms with Gasteiger partial charge in [-0.1, -0.05) is 26.0 Å². The zero-order valence-electron chi connectivity index (χ0n) is 8.92. The highest BCUT2D eigenvalue weighted by Crippen LogP contribution is 2.13. The normalized spacial score (nSPS) is 12.4. The van der Waals surface area contributed by atoms with Crippen molar-refractivity contribution in [1.29, 1.82) is 0 Å². The Balaban J connectivity index is 2.70. The predicted octanol–water partition coefficient (Wildman–Crippen LogP) is 2.89. The highest BCUT2D eigenvalue weighted by molar-refractivity contribution is 5.27. The highest BCUT2D eigenvalue weighted by Gasteiger charge is 1.97. The summed E-state index contributed by atoms with van der Waals surface area (Å²) < 4.78 is 12.8. The molecule has 0 unspecified atom stereocenters. The summed E-state index contributed by atoms with van der Waals surface area (Å²) in [5, 5.41) is 0. The summed E-state index contributed by atoms with van der Waals surface area (Å²) >= 11 is 0. The summed E-state index contributed by atoms with van der Waals surface area (Å²) in [5.74, 6) is 0.473. The second-order valence-corrected chi connectivity index (χ2v) is 3.23. The van der Waals surface area contributed by atoms with Crippen molar-refractivity contribution in [1.82, 2.24) is 0 Å². The monoisotopic (exact) mass is 166 g/mol. The molecule has 0 N–H and O–H groups in total. The molecule has 12 heavy (non-hydrogen) atoms. The second-order valence-electron chi connectivity index (χ2n) is 3.23. The lowest BCUT2D eigenvalue weighted by Gasteiger charge is -2.05. The molecule has 1 aromatic carbocycles. The van der Waals surface area contributed by atoms with Crippen LogP contribution in [0.2, 0.25) is 0 Å². The number of rotatable bonds is 3. The summed E-state index contributed by atoms with van der Waals surface area (Å²) in [5.41, 5.74) is 1.18. The zero-order chi connectivity index (χ0) is 9.90. The van der Waals surface area contributed by atoms with Gasteiger partial charge in [0.2, 0.25) is 0 Å². The van der Waals surface area contributed by atoms with Gasteiger partial charge in [0.1, 0.15) is 5.75 Å². The van der Waals surface area contributed by atoms with Crippen molar-refractivity contribution in [2.24, 2.45) is 5.89 Å². The molecule has 1 aromatic rings. The molecular formula is C11H16O. The molecule has 0 heterocycles. The van der Waals surface area contributed by atoms with E-state index in [1.54, 1.807) is 7.11 Å². The van der Waals surface area contributed by atoms with Gasteiger partial charge in [-0.2, -0.15) is 0 Å². The third kappa shape index (κ3) is 2.57. The maximum Gasteiger partial charge on any atom is 0.118 e. The molecule has 1 nitrogen and oxygen atoms in total. The lowest BCUT2D eigenvalue weighted by molar-refractivity contribution is 0.414. The van der Waals surface area contributed by atoms with Crippen molar-refractivity contribution in [2.45, 2.75) is 20.3 Å². The van der Waals surface area contributed by atoms with Gasteiger partial charge in [-0.3, -0.25) is 0 Å². The van der Waals surface area contributed by atoms with Crippen LogP contribution in [0, 0.1) is 5.89 Å². The van der Waals surface area contributed by atoms with E-state index in [1.807, 2.05) is 38.1 Å². The molecule has 0 spiro atoms. The fourth-order valence-corrected chi connectivity index (χ4v) is 1.15. The Morgan fingerprint density at radius 1 is 1.33 bits per heavy atom. The summed E-state index contributed by atoms with van der Waals surface area (Å²) in [4.78, 5) is 0. The molecule has 0 aliphatic heterocycles. The van der Waals surface area contributed by atoms with E-state index in [0.717, 1.165) is 12.2 Å². The van der Waals surface area contributed by atoms with E-state index >= 15 is 0 Å². The molecule has 0 bridgehead atoms. The van der Waals surface area contributed by atoms with Crippen LogP contribution in [0.15, 0.2) is 24.3 Å². The maximum absolute atomic E-state index is 7.74. The summed E-state index contributed by atoms with van der Waals surface area (Å²) in [6.07, 6.45) is 0.775. The number of ether oxygens (including phenoxy) is 1. The first-order valence-electron chi connectivity index (χ1n) is 4.64. The first-order valence-corrected chi connectivity index (χ1v) is 4.14. The molecular weight excluding hydrogens is 148 g/mol. The Morgan fingerprint density at radius 2 is 1.92 bits per heavy atom. The minimum absolute atomic E-state index is 0.394. The van der Waals surface area contributed by atoms with Gasteiger partial charge in [0, 0.05) is 1.37 Å². The number of benzene rings is 1. The molecule has 1 heteroatoms. The molecule has 0 radical (unpaired) electrons. The lowest BCUT2D eigenvalue weighted by Crippen LogP contribution is -1.93. The van der Waals surface area contributed by atoms with E-state index in [0.29, 0.717) is 0 Å². The number of hydrogen-bond acceptors (Lipinski definition) is 1. The largest absolute Gasteiger partial charge is 0.497 e. The third-order valence-corrected chi connectivity index (χ3v) is 1.72. The fourth-order valence-electron chi connectivity index (χ4n) is 1.15. The Labute approximate surface area is 75.8 Å². The van der Waals surface area contributed by atoms with Gasteiger partial charge in [0.05, 0.1) is 7.11 Å². The van der Waals surface area contributed by atoms with E-state index in [-0.39, 0.29) is 0 Å². The van der Waals surface area contributed by atoms with Crippen LogP contribution in [0.1, 0.15) is 20.8 Å².